The number of hydrogen-bond donors (Lipinski definition) is 1. The van der Waals surface area contributed by atoms with E-state index >= 15 is 0 Å². The molecule has 6 nitrogen and oxygen atoms in total. The number of morpholine rings is 1. The molecule has 1 atom stereocenters. The molecule has 1 saturated heterocycles. The summed E-state index contributed by atoms with van der Waals surface area (Å²) in [7, 11) is -2.22. The number of ether oxygens (including phenoxy) is 1. The lowest BCUT2D eigenvalue weighted by molar-refractivity contribution is -0.118. The maximum Gasteiger partial charge on any atom is 0.254 e. The summed E-state index contributed by atoms with van der Waals surface area (Å²) in [6.07, 6.45) is -0.0584. The van der Waals surface area contributed by atoms with E-state index < -0.39 is 15.6 Å². The highest BCUT2D eigenvalue weighted by molar-refractivity contribution is 7.89. The van der Waals surface area contributed by atoms with Gasteiger partial charge in [0.1, 0.15) is 0 Å². The van der Waals surface area contributed by atoms with Crippen LogP contribution in [0.5, 0.6) is 0 Å². The Bertz CT molecular complexity index is 670. The third-order valence-corrected chi connectivity index (χ3v) is 4.93. The van der Waals surface area contributed by atoms with E-state index in [1.165, 1.54) is 19.2 Å². The van der Waals surface area contributed by atoms with Crippen molar-refractivity contribution in [2.75, 3.05) is 20.1 Å². The van der Waals surface area contributed by atoms with Crippen molar-refractivity contribution in [3.8, 4) is 0 Å². The van der Waals surface area contributed by atoms with Crippen molar-refractivity contribution >= 4 is 15.9 Å². The molecule has 1 fully saturated rings. The predicted octanol–water partition coefficient (Wildman–Crippen LogP) is 1.23. The van der Waals surface area contributed by atoms with Crippen molar-refractivity contribution < 1.29 is 17.9 Å². The Balaban J connectivity index is 2.28. The summed E-state index contributed by atoms with van der Waals surface area (Å²) in [6, 6.07) is 6.08. The molecule has 7 heteroatoms. The van der Waals surface area contributed by atoms with Crippen LogP contribution in [-0.2, 0) is 14.8 Å². The van der Waals surface area contributed by atoms with Gasteiger partial charge in [0, 0.05) is 18.7 Å². The molecule has 0 bridgehead atoms. The average Bonchev–Trinajstić information content (AvgIpc) is 2.44. The van der Waals surface area contributed by atoms with Crippen LogP contribution in [0.4, 0.5) is 0 Å². The van der Waals surface area contributed by atoms with Crippen LogP contribution in [0, 0.1) is 0 Å². The molecule has 1 aliphatic rings. The van der Waals surface area contributed by atoms with Gasteiger partial charge < -0.3 is 9.64 Å². The van der Waals surface area contributed by atoms with Crippen molar-refractivity contribution in [1.29, 1.82) is 0 Å². The average molecular weight is 326 g/mol. The lowest BCUT2D eigenvalue weighted by atomic mass is 10.0. The van der Waals surface area contributed by atoms with Crippen LogP contribution in [0.25, 0.3) is 0 Å². The standard InChI is InChI=1S/C15H22N2O4S/c1-11-9-17(10-15(2,3)21-11)14(18)12-6-5-7-13(8-12)22(19,20)16-4/h5-8,11,16H,9-10H2,1-4H3. The van der Waals surface area contributed by atoms with Crippen LogP contribution in [0.3, 0.4) is 0 Å². The molecule has 0 aromatic heterocycles. The number of carbonyl (C=O) groups is 1. The maximum atomic E-state index is 12.7. The summed E-state index contributed by atoms with van der Waals surface area (Å²) in [5, 5.41) is 0. The van der Waals surface area contributed by atoms with Crippen LogP contribution >= 0.6 is 0 Å². The third kappa shape index (κ3) is 3.66. The molecule has 1 aliphatic heterocycles. The lowest BCUT2D eigenvalue weighted by Crippen LogP contribution is -2.53. The third-order valence-electron chi connectivity index (χ3n) is 3.52. The van der Waals surface area contributed by atoms with Crippen LogP contribution in [0.1, 0.15) is 31.1 Å². The molecule has 1 unspecified atom stereocenters. The maximum absolute atomic E-state index is 12.7. The normalized spacial score (nSPS) is 21.6. The molecule has 122 valence electrons. The molecule has 1 aromatic carbocycles. The first-order valence-corrected chi connectivity index (χ1v) is 8.64. The van der Waals surface area contributed by atoms with E-state index in [-0.39, 0.29) is 16.9 Å². The van der Waals surface area contributed by atoms with E-state index in [0.29, 0.717) is 18.7 Å². The van der Waals surface area contributed by atoms with E-state index in [9.17, 15) is 13.2 Å². The Morgan fingerprint density at radius 1 is 1.41 bits per heavy atom. The summed E-state index contributed by atoms with van der Waals surface area (Å²) >= 11 is 0. The predicted molar refractivity (Wildman–Crippen MR) is 83.2 cm³/mol. The van der Waals surface area contributed by atoms with Gasteiger partial charge in [-0.15, -0.1) is 0 Å². The summed E-state index contributed by atoms with van der Waals surface area (Å²) in [6.45, 7) is 6.75. The number of amides is 1. The number of benzene rings is 1. The lowest BCUT2D eigenvalue weighted by Gasteiger charge is -2.41. The number of sulfonamides is 1. The van der Waals surface area contributed by atoms with E-state index in [2.05, 4.69) is 4.72 Å². The van der Waals surface area contributed by atoms with Gasteiger partial charge >= 0.3 is 0 Å². The Kier molecular flexibility index (Phi) is 4.60. The van der Waals surface area contributed by atoms with Crippen molar-refractivity contribution in [3.63, 3.8) is 0 Å². The minimum absolute atomic E-state index is 0.0584. The smallest absolute Gasteiger partial charge is 0.254 e. The van der Waals surface area contributed by atoms with Gasteiger partial charge in [0.05, 0.1) is 16.6 Å². The largest absolute Gasteiger partial charge is 0.369 e. The molecule has 0 radical (unpaired) electrons. The zero-order valence-corrected chi connectivity index (χ0v) is 14.1. The van der Waals surface area contributed by atoms with Crippen molar-refractivity contribution in [3.05, 3.63) is 29.8 Å². The fourth-order valence-corrected chi connectivity index (χ4v) is 3.48. The molecule has 22 heavy (non-hydrogen) atoms. The van der Waals surface area contributed by atoms with Gasteiger partial charge in [-0.1, -0.05) is 6.07 Å². The van der Waals surface area contributed by atoms with Crippen molar-refractivity contribution in [2.45, 2.75) is 37.4 Å². The molecule has 2 rings (SSSR count). The number of nitrogens with one attached hydrogen (secondary N) is 1. The summed E-state index contributed by atoms with van der Waals surface area (Å²) in [5.41, 5.74) is -0.0524. The minimum atomic E-state index is -3.56. The number of rotatable bonds is 3. The highest BCUT2D eigenvalue weighted by Crippen LogP contribution is 2.23. The minimum Gasteiger partial charge on any atom is -0.369 e. The SMILES string of the molecule is CNS(=O)(=O)c1cccc(C(=O)N2CC(C)OC(C)(C)C2)c1. The zero-order chi connectivity index (χ0) is 16.5. The number of nitrogens with zero attached hydrogens (tertiary/aromatic N) is 1. The van der Waals surface area contributed by atoms with Gasteiger partial charge in [-0.3, -0.25) is 4.79 Å². The van der Waals surface area contributed by atoms with Gasteiger partial charge in [0.2, 0.25) is 10.0 Å². The first-order chi connectivity index (χ1) is 10.1. The Hall–Kier alpha value is -1.44. The molecular weight excluding hydrogens is 304 g/mol. The molecule has 0 aliphatic carbocycles. The van der Waals surface area contributed by atoms with E-state index in [1.807, 2.05) is 20.8 Å². The van der Waals surface area contributed by atoms with Crippen molar-refractivity contribution in [2.24, 2.45) is 0 Å². The second kappa shape index (κ2) is 5.98. The van der Waals surface area contributed by atoms with E-state index in [1.54, 1.807) is 17.0 Å². The molecule has 1 aromatic rings. The fourth-order valence-electron chi connectivity index (χ4n) is 2.71. The molecule has 1 amide bonds. The van der Waals surface area contributed by atoms with Gasteiger partial charge in [0.15, 0.2) is 0 Å². The molecule has 0 saturated carbocycles. The monoisotopic (exact) mass is 326 g/mol. The zero-order valence-electron chi connectivity index (χ0n) is 13.3. The van der Waals surface area contributed by atoms with Gasteiger partial charge in [0.25, 0.3) is 5.91 Å². The quantitative estimate of drug-likeness (QED) is 0.906. The Morgan fingerprint density at radius 3 is 2.68 bits per heavy atom. The van der Waals surface area contributed by atoms with E-state index in [4.69, 9.17) is 4.74 Å². The second-order valence-corrected chi connectivity index (χ2v) is 8.00. The Labute approximate surface area is 131 Å². The fraction of sp³-hybridized carbons (Fsp3) is 0.533. The number of hydrogen-bond acceptors (Lipinski definition) is 4. The van der Waals surface area contributed by atoms with Crippen LogP contribution in [-0.4, -0.2) is 51.1 Å². The summed E-state index contributed by atoms with van der Waals surface area (Å²) in [4.78, 5) is 14.4. The summed E-state index contributed by atoms with van der Waals surface area (Å²) < 4.78 is 31.7. The van der Waals surface area contributed by atoms with Gasteiger partial charge in [-0.05, 0) is 46.0 Å². The van der Waals surface area contributed by atoms with Crippen molar-refractivity contribution in [1.82, 2.24) is 9.62 Å². The van der Waals surface area contributed by atoms with E-state index in [0.717, 1.165) is 0 Å². The highest BCUT2D eigenvalue weighted by Gasteiger charge is 2.34. The first kappa shape index (κ1) is 16.9. The number of carbonyl (C=O) groups excluding carboxylic acids is 1. The molecule has 1 N–H and O–H groups in total. The molecule has 0 spiro atoms. The van der Waals surface area contributed by atoms with Crippen LogP contribution < -0.4 is 4.72 Å². The topological polar surface area (TPSA) is 75.7 Å². The molecular formula is C15H22N2O4S. The second-order valence-electron chi connectivity index (χ2n) is 6.11. The van der Waals surface area contributed by atoms with Crippen LogP contribution in [0.2, 0.25) is 0 Å². The molecule has 1 heterocycles. The summed E-state index contributed by atoms with van der Waals surface area (Å²) in [5.74, 6) is -0.184. The van der Waals surface area contributed by atoms with Crippen LogP contribution in [0.15, 0.2) is 29.2 Å². The first-order valence-electron chi connectivity index (χ1n) is 7.15. The van der Waals surface area contributed by atoms with Gasteiger partial charge in [-0.25, -0.2) is 13.1 Å². The Morgan fingerprint density at radius 2 is 2.09 bits per heavy atom. The highest BCUT2D eigenvalue weighted by atomic mass is 32.2. The van der Waals surface area contributed by atoms with Gasteiger partial charge in [-0.2, -0.15) is 0 Å².